The summed E-state index contributed by atoms with van der Waals surface area (Å²) in [6, 6.07) is 3.75. The third-order valence-corrected chi connectivity index (χ3v) is 5.84. The maximum atomic E-state index is 12.1. The maximum Gasteiger partial charge on any atom is 0.379 e. The molecule has 1 aliphatic heterocycles. The summed E-state index contributed by atoms with van der Waals surface area (Å²) in [6.07, 6.45) is 8.08. The molecule has 32 heavy (non-hydrogen) atoms. The third kappa shape index (κ3) is 4.55. The van der Waals surface area contributed by atoms with Crippen molar-refractivity contribution in [1.82, 2.24) is 19.6 Å². The summed E-state index contributed by atoms with van der Waals surface area (Å²) >= 11 is 0. The lowest BCUT2D eigenvalue weighted by molar-refractivity contribution is -0.613. The Morgan fingerprint density at radius 3 is 2.91 bits per heavy atom. The fraction of sp³-hybridized carbons (Fsp3) is 0.545. The molecule has 3 aromatic heterocycles. The molecule has 0 aliphatic carbocycles. The number of hydrogen-bond donors (Lipinski definition) is 2. The number of anilines is 2. The van der Waals surface area contributed by atoms with E-state index in [4.69, 9.17) is 14.7 Å². The quantitative estimate of drug-likeness (QED) is 0.383. The SMILES string of the molecule is CCOc1ccc(CNc2nc(N3CCCCC3CCO)nc3c(CC)cnn23)c[n+]1[O-]. The van der Waals surface area contributed by atoms with Gasteiger partial charge in [-0.15, -0.1) is 4.73 Å². The molecule has 1 saturated heterocycles. The van der Waals surface area contributed by atoms with E-state index < -0.39 is 0 Å². The highest BCUT2D eigenvalue weighted by Gasteiger charge is 2.26. The van der Waals surface area contributed by atoms with Crippen LogP contribution in [0.3, 0.4) is 0 Å². The molecule has 10 heteroatoms. The number of ether oxygens (including phenoxy) is 1. The van der Waals surface area contributed by atoms with Crippen molar-refractivity contribution in [3.63, 3.8) is 0 Å². The number of pyridine rings is 1. The second kappa shape index (κ2) is 9.99. The first-order valence-corrected chi connectivity index (χ1v) is 11.4. The van der Waals surface area contributed by atoms with Crippen molar-refractivity contribution in [1.29, 1.82) is 0 Å². The van der Waals surface area contributed by atoms with Gasteiger partial charge in [-0.3, -0.25) is 0 Å². The second-order valence-electron chi connectivity index (χ2n) is 7.95. The van der Waals surface area contributed by atoms with E-state index in [2.05, 4.69) is 22.2 Å². The molecule has 0 saturated carbocycles. The van der Waals surface area contributed by atoms with Gasteiger partial charge in [0.2, 0.25) is 11.9 Å². The highest BCUT2D eigenvalue weighted by Crippen LogP contribution is 2.26. The lowest BCUT2D eigenvalue weighted by Crippen LogP contribution is -2.41. The number of nitrogens with zero attached hydrogens (tertiary/aromatic N) is 6. The Bertz CT molecular complexity index is 1050. The molecule has 1 unspecified atom stereocenters. The molecule has 4 rings (SSSR count). The van der Waals surface area contributed by atoms with Gasteiger partial charge in [-0.1, -0.05) is 6.92 Å². The standard InChI is InChI=1S/C22H31N7O3/c1-3-17-14-24-29-20(17)25-22(27-11-6-5-7-18(27)10-12-30)26-21(29)23-13-16-8-9-19(32-4-2)28(31)15-16/h8-9,14-15,18,30H,3-7,10-13H2,1-2H3,(H,23,25,26). The first-order chi connectivity index (χ1) is 15.6. The molecule has 4 heterocycles. The summed E-state index contributed by atoms with van der Waals surface area (Å²) in [5.41, 5.74) is 2.63. The van der Waals surface area contributed by atoms with Crippen molar-refractivity contribution in [2.75, 3.05) is 30.0 Å². The van der Waals surface area contributed by atoms with Gasteiger partial charge in [-0.25, -0.2) is 0 Å². The van der Waals surface area contributed by atoms with Crippen molar-refractivity contribution >= 4 is 17.5 Å². The van der Waals surface area contributed by atoms with E-state index in [-0.39, 0.29) is 18.5 Å². The van der Waals surface area contributed by atoms with Crippen molar-refractivity contribution in [3.05, 3.63) is 40.9 Å². The number of aryl methyl sites for hydroxylation is 1. The third-order valence-electron chi connectivity index (χ3n) is 5.84. The average molecular weight is 442 g/mol. The van der Waals surface area contributed by atoms with Gasteiger partial charge in [-0.05, 0) is 45.1 Å². The summed E-state index contributed by atoms with van der Waals surface area (Å²) in [6.45, 7) is 5.78. The maximum absolute atomic E-state index is 12.1. The summed E-state index contributed by atoms with van der Waals surface area (Å²) < 4.78 is 7.76. The molecule has 3 aromatic rings. The van der Waals surface area contributed by atoms with Crippen molar-refractivity contribution in [2.24, 2.45) is 0 Å². The molecule has 0 bridgehead atoms. The lowest BCUT2D eigenvalue weighted by Gasteiger charge is -2.35. The summed E-state index contributed by atoms with van der Waals surface area (Å²) in [7, 11) is 0. The number of aromatic nitrogens is 5. The predicted octanol–water partition coefficient (Wildman–Crippen LogP) is 2.07. The Balaban J connectivity index is 1.64. The minimum Gasteiger partial charge on any atom is -0.616 e. The van der Waals surface area contributed by atoms with Crippen LogP contribution in [0.15, 0.2) is 24.5 Å². The van der Waals surface area contributed by atoms with Crippen LogP contribution in [0, 0.1) is 5.21 Å². The molecule has 1 fully saturated rings. The van der Waals surface area contributed by atoms with Gasteiger partial charge < -0.3 is 25.3 Å². The number of nitrogens with one attached hydrogen (secondary N) is 1. The fourth-order valence-electron chi connectivity index (χ4n) is 4.17. The summed E-state index contributed by atoms with van der Waals surface area (Å²) in [5.74, 6) is 1.51. The number of piperidine rings is 1. The van der Waals surface area contributed by atoms with Crippen LogP contribution in [0.2, 0.25) is 0 Å². The highest BCUT2D eigenvalue weighted by atomic mass is 16.5. The van der Waals surface area contributed by atoms with Gasteiger partial charge in [0.25, 0.3) is 0 Å². The van der Waals surface area contributed by atoms with E-state index in [1.165, 1.54) is 6.20 Å². The molecular formula is C22H31N7O3. The Kier molecular flexibility index (Phi) is 6.89. The van der Waals surface area contributed by atoms with Crippen LogP contribution < -0.4 is 19.7 Å². The highest BCUT2D eigenvalue weighted by molar-refractivity contribution is 5.55. The summed E-state index contributed by atoms with van der Waals surface area (Å²) in [4.78, 5) is 11.9. The molecule has 0 amide bonds. The zero-order valence-electron chi connectivity index (χ0n) is 18.7. The van der Waals surface area contributed by atoms with E-state index in [0.29, 0.717) is 31.5 Å². The van der Waals surface area contributed by atoms with Gasteiger partial charge in [-0.2, -0.15) is 19.6 Å². The average Bonchev–Trinajstić information content (AvgIpc) is 3.23. The van der Waals surface area contributed by atoms with Crippen LogP contribution in [0.25, 0.3) is 5.65 Å². The molecule has 0 aromatic carbocycles. The van der Waals surface area contributed by atoms with Gasteiger partial charge in [0.15, 0.2) is 11.8 Å². The normalized spacial score (nSPS) is 16.5. The largest absolute Gasteiger partial charge is 0.616 e. The zero-order chi connectivity index (χ0) is 22.5. The first kappa shape index (κ1) is 22.1. The fourth-order valence-corrected chi connectivity index (χ4v) is 4.17. The van der Waals surface area contributed by atoms with Crippen molar-refractivity contribution < 1.29 is 14.6 Å². The van der Waals surface area contributed by atoms with Gasteiger partial charge in [0.05, 0.1) is 18.9 Å². The molecule has 0 spiro atoms. The number of rotatable bonds is 9. The van der Waals surface area contributed by atoms with Crippen molar-refractivity contribution in [3.8, 4) is 5.88 Å². The number of aliphatic hydroxyl groups is 1. The molecule has 2 N–H and O–H groups in total. The van der Waals surface area contributed by atoms with E-state index >= 15 is 0 Å². The van der Waals surface area contributed by atoms with Crippen molar-refractivity contribution in [2.45, 2.75) is 58.5 Å². The summed E-state index contributed by atoms with van der Waals surface area (Å²) in [5, 5.41) is 29.5. The zero-order valence-corrected chi connectivity index (χ0v) is 18.7. The first-order valence-electron chi connectivity index (χ1n) is 11.4. The van der Waals surface area contributed by atoms with Gasteiger partial charge >= 0.3 is 5.88 Å². The van der Waals surface area contributed by atoms with Crippen LogP contribution >= 0.6 is 0 Å². The number of aliphatic hydroxyl groups excluding tert-OH is 1. The predicted molar refractivity (Wildman–Crippen MR) is 121 cm³/mol. The number of hydrogen-bond acceptors (Lipinski definition) is 8. The Morgan fingerprint density at radius 1 is 1.28 bits per heavy atom. The Labute approximate surface area is 187 Å². The second-order valence-corrected chi connectivity index (χ2v) is 7.95. The van der Waals surface area contributed by atoms with E-state index in [1.54, 1.807) is 10.6 Å². The molecule has 0 radical (unpaired) electrons. The lowest BCUT2D eigenvalue weighted by atomic mass is 10.0. The van der Waals surface area contributed by atoms with Crippen LogP contribution in [0.5, 0.6) is 5.88 Å². The Hall–Kier alpha value is -3.14. The molecule has 1 aliphatic rings. The Morgan fingerprint density at radius 2 is 2.16 bits per heavy atom. The monoisotopic (exact) mass is 441 g/mol. The topological polar surface area (TPSA) is 115 Å². The van der Waals surface area contributed by atoms with Crippen LogP contribution in [0.4, 0.5) is 11.9 Å². The molecular weight excluding hydrogens is 410 g/mol. The van der Waals surface area contributed by atoms with E-state index in [1.807, 2.05) is 19.2 Å². The van der Waals surface area contributed by atoms with E-state index in [9.17, 15) is 10.3 Å². The minimum atomic E-state index is 0.147. The van der Waals surface area contributed by atoms with Crippen LogP contribution in [-0.2, 0) is 13.0 Å². The molecule has 1 atom stereocenters. The number of fused-ring (bicyclic) bond motifs is 1. The van der Waals surface area contributed by atoms with Crippen LogP contribution in [-0.4, -0.2) is 50.5 Å². The van der Waals surface area contributed by atoms with Gasteiger partial charge in [0, 0.05) is 36.9 Å². The smallest absolute Gasteiger partial charge is 0.379 e. The minimum absolute atomic E-state index is 0.147. The van der Waals surface area contributed by atoms with Gasteiger partial charge in [0.1, 0.15) is 0 Å². The van der Waals surface area contributed by atoms with E-state index in [0.717, 1.165) is 53.7 Å². The molecule has 172 valence electrons. The van der Waals surface area contributed by atoms with Crippen LogP contribution in [0.1, 0.15) is 50.7 Å². The molecule has 10 nitrogen and oxygen atoms in total.